The number of anilines is 1. The predicted molar refractivity (Wildman–Crippen MR) is 80.0 cm³/mol. The minimum Gasteiger partial charge on any atom is -0.437 e. The number of hydrogen-bond donors (Lipinski definition) is 2. The van der Waals surface area contributed by atoms with Crippen molar-refractivity contribution in [2.45, 2.75) is 19.9 Å². The second-order valence-corrected chi connectivity index (χ2v) is 4.95. The minimum atomic E-state index is -0.547. The van der Waals surface area contributed by atoms with E-state index in [0.717, 1.165) is 0 Å². The average molecular weight is 286 g/mol. The Labute approximate surface area is 123 Å². The lowest BCUT2D eigenvalue weighted by Gasteiger charge is -2.15. The van der Waals surface area contributed by atoms with E-state index in [4.69, 9.17) is 10.5 Å². The summed E-state index contributed by atoms with van der Waals surface area (Å²) in [5, 5.41) is 10.3. The van der Waals surface area contributed by atoms with Gasteiger partial charge >= 0.3 is 0 Å². The lowest BCUT2D eigenvalue weighted by molar-refractivity contribution is -0.118. The third-order valence-electron chi connectivity index (χ3n) is 2.89. The van der Waals surface area contributed by atoms with Crippen LogP contribution in [0.25, 0.3) is 0 Å². The van der Waals surface area contributed by atoms with Crippen molar-refractivity contribution in [3.05, 3.63) is 42.6 Å². The molecule has 0 aliphatic carbocycles. The number of hydrogen-bond acceptors (Lipinski definition) is 5. The minimum absolute atomic E-state index is 0.0732. The number of carbonyl (C=O) groups excluding carboxylic acids is 1. The van der Waals surface area contributed by atoms with Gasteiger partial charge in [-0.05, 0) is 24.1 Å². The summed E-state index contributed by atoms with van der Waals surface area (Å²) in [5.74, 6) is 0.803. The fourth-order valence-corrected chi connectivity index (χ4v) is 1.63. The number of carbonyl (C=O) groups is 1. The van der Waals surface area contributed by atoms with Crippen molar-refractivity contribution in [3.63, 3.8) is 0 Å². The fourth-order valence-electron chi connectivity index (χ4n) is 1.63. The summed E-state index contributed by atoms with van der Waals surface area (Å²) >= 11 is 0. The molecule has 0 fully saturated rings. The van der Waals surface area contributed by atoms with E-state index in [0.29, 0.717) is 17.3 Å². The van der Waals surface area contributed by atoms with Gasteiger partial charge in [-0.3, -0.25) is 4.79 Å². The first-order chi connectivity index (χ1) is 10.1. The molecule has 1 aromatic carbocycles. The van der Waals surface area contributed by atoms with Gasteiger partial charge in [-0.2, -0.15) is 5.10 Å². The van der Waals surface area contributed by atoms with Crippen molar-refractivity contribution >= 4 is 11.6 Å². The summed E-state index contributed by atoms with van der Waals surface area (Å²) < 4.78 is 5.55. The van der Waals surface area contributed by atoms with Gasteiger partial charge in [0.1, 0.15) is 5.75 Å². The van der Waals surface area contributed by atoms with Crippen molar-refractivity contribution in [1.82, 2.24) is 10.2 Å². The van der Waals surface area contributed by atoms with E-state index in [1.165, 1.54) is 0 Å². The first kappa shape index (κ1) is 14.9. The average Bonchev–Trinajstić information content (AvgIpc) is 2.47. The number of rotatable bonds is 5. The van der Waals surface area contributed by atoms with Gasteiger partial charge in [0.25, 0.3) is 0 Å². The molecule has 0 aliphatic rings. The lowest BCUT2D eigenvalue weighted by atomic mass is 10.0. The summed E-state index contributed by atoms with van der Waals surface area (Å²) in [6.07, 6.45) is 1.57. The maximum absolute atomic E-state index is 11.9. The Morgan fingerprint density at radius 2 is 2.10 bits per heavy atom. The number of nitrogens with two attached hydrogens (primary N) is 1. The van der Waals surface area contributed by atoms with Gasteiger partial charge in [0, 0.05) is 24.0 Å². The first-order valence-corrected chi connectivity index (χ1v) is 6.68. The van der Waals surface area contributed by atoms with Crippen molar-refractivity contribution in [3.8, 4) is 11.6 Å². The highest BCUT2D eigenvalue weighted by Crippen LogP contribution is 2.22. The summed E-state index contributed by atoms with van der Waals surface area (Å²) in [6.45, 7) is 3.80. The largest absolute Gasteiger partial charge is 0.437 e. The third-order valence-corrected chi connectivity index (χ3v) is 2.89. The molecule has 3 N–H and O–H groups in total. The van der Waals surface area contributed by atoms with Crippen LogP contribution in [-0.4, -0.2) is 22.1 Å². The maximum Gasteiger partial charge on any atom is 0.241 e. The Morgan fingerprint density at radius 3 is 2.76 bits per heavy atom. The van der Waals surface area contributed by atoms with E-state index in [1.54, 1.807) is 42.6 Å². The standard InChI is InChI=1S/C15H18N4O2/c1-10(2)14(16)15(20)18-11-5-3-6-12(9-11)21-13-7-4-8-17-19-13/h3-10,14H,16H2,1-2H3,(H,18,20)/t14-/m0/s1. The molecule has 0 unspecified atom stereocenters. The number of amides is 1. The Kier molecular flexibility index (Phi) is 4.84. The topological polar surface area (TPSA) is 90.1 Å². The molecule has 1 heterocycles. The number of nitrogens with zero attached hydrogens (tertiary/aromatic N) is 2. The van der Waals surface area contributed by atoms with Gasteiger partial charge in [-0.15, -0.1) is 5.10 Å². The molecular formula is C15H18N4O2. The predicted octanol–water partition coefficient (Wildman–Crippen LogP) is 2.19. The van der Waals surface area contributed by atoms with Crippen molar-refractivity contribution in [1.29, 1.82) is 0 Å². The van der Waals surface area contributed by atoms with Crippen molar-refractivity contribution < 1.29 is 9.53 Å². The van der Waals surface area contributed by atoms with Crippen LogP contribution in [0.4, 0.5) is 5.69 Å². The summed E-state index contributed by atoms with van der Waals surface area (Å²) in [7, 11) is 0. The smallest absolute Gasteiger partial charge is 0.241 e. The highest BCUT2D eigenvalue weighted by molar-refractivity contribution is 5.94. The number of ether oxygens (including phenoxy) is 1. The summed E-state index contributed by atoms with van der Waals surface area (Å²) in [5.41, 5.74) is 6.43. The van der Waals surface area contributed by atoms with Gasteiger partial charge in [0.2, 0.25) is 11.8 Å². The molecule has 1 amide bonds. The molecular weight excluding hydrogens is 268 g/mol. The van der Waals surface area contributed by atoms with Crippen LogP contribution in [-0.2, 0) is 4.79 Å². The van der Waals surface area contributed by atoms with Crippen LogP contribution in [0, 0.1) is 5.92 Å². The molecule has 2 rings (SSSR count). The highest BCUT2D eigenvalue weighted by atomic mass is 16.5. The third kappa shape index (κ3) is 4.25. The van der Waals surface area contributed by atoms with E-state index >= 15 is 0 Å². The van der Waals surface area contributed by atoms with Crippen LogP contribution in [0.5, 0.6) is 11.6 Å². The highest BCUT2D eigenvalue weighted by Gasteiger charge is 2.17. The maximum atomic E-state index is 11.9. The lowest BCUT2D eigenvalue weighted by Crippen LogP contribution is -2.39. The molecule has 0 aliphatic heterocycles. The summed E-state index contributed by atoms with van der Waals surface area (Å²) in [6, 6.07) is 9.92. The monoisotopic (exact) mass is 286 g/mol. The van der Waals surface area contributed by atoms with Gasteiger partial charge in [-0.1, -0.05) is 19.9 Å². The molecule has 0 spiro atoms. The Balaban J connectivity index is 2.06. The fraction of sp³-hybridized carbons (Fsp3) is 0.267. The molecule has 6 nitrogen and oxygen atoms in total. The second-order valence-electron chi connectivity index (χ2n) is 4.95. The Morgan fingerprint density at radius 1 is 1.29 bits per heavy atom. The van der Waals surface area contributed by atoms with Gasteiger partial charge in [0.05, 0.1) is 6.04 Å². The van der Waals surface area contributed by atoms with Gasteiger partial charge in [-0.25, -0.2) is 0 Å². The molecule has 21 heavy (non-hydrogen) atoms. The zero-order valence-corrected chi connectivity index (χ0v) is 12.0. The molecule has 2 aromatic rings. The van der Waals surface area contributed by atoms with E-state index in [1.807, 2.05) is 13.8 Å². The first-order valence-electron chi connectivity index (χ1n) is 6.68. The molecule has 0 saturated carbocycles. The van der Waals surface area contributed by atoms with Crippen molar-refractivity contribution in [2.24, 2.45) is 11.7 Å². The zero-order valence-electron chi connectivity index (χ0n) is 12.0. The van der Waals surface area contributed by atoms with E-state index < -0.39 is 6.04 Å². The summed E-state index contributed by atoms with van der Waals surface area (Å²) in [4.78, 5) is 11.9. The van der Waals surface area contributed by atoms with E-state index in [2.05, 4.69) is 15.5 Å². The quantitative estimate of drug-likeness (QED) is 0.879. The van der Waals surface area contributed by atoms with Gasteiger partial charge < -0.3 is 15.8 Å². The van der Waals surface area contributed by atoms with Crippen LogP contribution in [0.2, 0.25) is 0 Å². The van der Waals surface area contributed by atoms with Crippen LogP contribution in [0.1, 0.15) is 13.8 Å². The Hall–Kier alpha value is -2.47. The van der Waals surface area contributed by atoms with Crippen molar-refractivity contribution in [2.75, 3.05) is 5.32 Å². The normalized spacial score (nSPS) is 12.0. The second kappa shape index (κ2) is 6.81. The van der Waals surface area contributed by atoms with E-state index in [-0.39, 0.29) is 11.8 Å². The van der Waals surface area contributed by atoms with Crippen LogP contribution in [0.3, 0.4) is 0 Å². The van der Waals surface area contributed by atoms with E-state index in [9.17, 15) is 4.79 Å². The molecule has 1 aromatic heterocycles. The molecule has 0 radical (unpaired) electrons. The molecule has 0 saturated heterocycles. The van der Waals surface area contributed by atoms with Gasteiger partial charge in [0.15, 0.2) is 0 Å². The molecule has 1 atom stereocenters. The molecule has 110 valence electrons. The molecule has 0 bridgehead atoms. The van der Waals surface area contributed by atoms with Crippen LogP contribution >= 0.6 is 0 Å². The number of nitrogens with one attached hydrogen (secondary N) is 1. The zero-order chi connectivity index (χ0) is 15.2. The van der Waals surface area contributed by atoms with Crippen LogP contribution < -0.4 is 15.8 Å². The SMILES string of the molecule is CC(C)[C@H](N)C(=O)Nc1cccc(Oc2cccnn2)c1. The Bertz CT molecular complexity index is 602. The van der Waals surface area contributed by atoms with Crippen LogP contribution in [0.15, 0.2) is 42.6 Å². The molecule has 6 heteroatoms. The number of aromatic nitrogens is 2. The number of benzene rings is 1.